The Hall–Kier alpha value is -3.00. The molecular formula is C30H34O2. The zero-order chi connectivity index (χ0) is 23.3. The monoisotopic (exact) mass is 426 g/mol. The number of ether oxygens (including phenoxy) is 2. The van der Waals surface area contributed by atoms with Crippen LogP contribution in [0, 0.1) is 0 Å². The molecular weight excluding hydrogens is 392 g/mol. The second kappa shape index (κ2) is 7.85. The summed E-state index contributed by atoms with van der Waals surface area (Å²) in [5.74, 6) is 1.79. The second-order valence-electron chi connectivity index (χ2n) is 10.6. The maximum Gasteiger partial charge on any atom is 0.134 e. The molecule has 0 saturated heterocycles. The Kier molecular flexibility index (Phi) is 5.45. The molecule has 0 spiro atoms. The van der Waals surface area contributed by atoms with Gasteiger partial charge in [0.15, 0.2) is 0 Å². The summed E-state index contributed by atoms with van der Waals surface area (Å²) >= 11 is 0. The van der Waals surface area contributed by atoms with E-state index >= 15 is 0 Å². The van der Waals surface area contributed by atoms with Crippen molar-refractivity contribution in [3.05, 3.63) is 71.8 Å². The molecule has 0 aliphatic carbocycles. The SMILES string of the molecule is COc1c(-c2cc(OC)c3ccccc3c2C(C)(C)C)ccc2cc(C(C)(C)C)ccc12. The molecule has 0 aromatic heterocycles. The first kappa shape index (κ1) is 22.2. The van der Waals surface area contributed by atoms with Crippen molar-refractivity contribution in [1.29, 1.82) is 0 Å². The normalized spacial score (nSPS) is 12.4. The van der Waals surface area contributed by atoms with Crippen LogP contribution in [-0.2, 0) is 10.8 Å². The molecule has 166 valence electrons. The molecule has 0 aliphatic rings. The molecule has 0 aliphatic heterocycles. The van der Waals surface area contributed by atoms with Crippen molar-refractivity contribution in [3.63, 3.8) is 0 Å². The molecule has 0 heterocycles. The predicted molar refractivity (Wildman–Crippen MR) is 137 cm³/mol. The Bertz CT molecular complexity index is 1300. The van der Waals surface area contributed by atoms with E-state index < -0.39 is 0 Å². The molecule has 2 heteroatoms. The quantitative estimate of drug-likeness (QED) is 0.328. The van der Waals surface area contributed by atoms with Crippen LogP contribution in [0.1, 0.15) is 52.7 Å². The summed E-state index contributed by atoms with van der Waals surface area (Å²) in [6, 6.07) is 21.8. The zero-order valence-corrected chi connectivity index (χ0v) is 20.6. The minimum atomic E-state index is -0.0583. The second-order valence-corrected chi connectivity index (χ2v) is 10.6. The first-order valence-electron chi connectivity index (χ1n) is 11.3. The van der Waals surface area contributed by atoms with E-state index in [-0.39, 0.29) is 10.8 Å². The topological polar surface area (TPSA) is 18.5 Å². The van der Waals surface area contributed by atoms with E-state index in [1.807, 2.05) is 0 Å². The van der Waals surface area contributed by atoms with Gasteiger partial charge in [-0.15, -0.1) is 0 Å². The van der Waals surface area contributed by atoms with Crippen molar-refractivity contribution in [2.75, 3.05) is 14.2 Å². The van der Waals surface area contributed by atoms with E-state index in [0.717, 1.165) is 33.4 Å². The van der Waals surface area contributed by atoms with Crippen molar-refractivity contribution in [1.82, 2.24) is 0 Å². The van der Waals surface area contributed by atoms with Crippen molar-refractivity contribution < 1.29 is 9.47 Å². The minimum absolute atomic E-state index is 0.0583. The minimum Gasteiger partial charge on any atom is -0.496 e. The Balaban J connectivity index is 2.09. The fourth-order valence-corrected chi connectivity index (χ4v) is 4.73. The van der Waals surface area contributed by atoms with E-state index in [0.29, 0.717) is 0 Å². The predicted octanol–water partition coefficient (Wildman–Crippen LogP) is 8.27. The Labute approximate surface area is 192 Å². The smallest absolute Gasteiger partial charge is 0.134 e. The highest BCUT2D eigenvalue weighted by atomic mass is 16.5. The van der Waals surface area contributed by atoms with Gasteiger partial charge in [-0.2, -0.15) is 0 Å². The third kappa shape index (κ3) is 3.72. The van der Waals surface area contributed by atoms with Crippen LogP contribution in [0.25, 0.3) is 32.7 Å². The van der Waals surface area contributed by atoms with E-state index in [1.165, 1.54) is 21.9 Å². The molecule has 0 radical (unpaired) electrons. The lowest BCUT2D eigenvalue weighted by molar-refractivity contribution is 0.418. The van der Waals surface area contributed by atoms with Crippen LogP contribution in [0.3, 0.4) is 0 Å². The van der Waals surface area contributed by atoms with E-state index in [9.17, 15) is 0 Å². The molecule has 0 amide bonds. The standard InChI is InChI=1S/C30H34O2/c1-29(2,3)20-14-16-21-19(17-20)13-15-24(28(21)32-8)25-18-26(31-7)22-11-9-10-12-23(22)27(25)30(4,5)6/h9-18H,1-8H3. The third-order valence-corrected chi connectivity index (χ3v) is 6.31. The molecule has 0 saturated carbocycles. The van der Waals surface area contributed by atoms with E-state index in [1.54, 1.807) is 14.2 Å². The lowest BCUT2D eigenvalue weighted by Gasteiger charge is -2.27. The van der Waals surface area contributed by atoms with Gasteiger partial charge < -0.3 is 9.47 Å². The number of methoxy groups -OCH3 is 2. The average molecular weight is 427 g/mol. The summed E-state index contributed by atoms with van der Waals surface area (Å²) < 4.78 is 11.9. The number of rotatable bonds is 3. The summed E-state index contributed by atoms with van der Waals surface area (Å²) in [7, 11) is 3.51. The maximum absolute atomic E-state index is 6.05. The van der Waals surface area contributed by atoms with Crippen LogP contribution < -0.4 is 9.47 Å². The van der Waals surface area contributed by atoms with Crippen LogP contribution in [0.4, 0.5) is 0 Å². The van der Waals surface area contributed by atoms with Crippen molar-refractivity contribution in [3.8, 4) is 22.6 Å². The first-order chi connectivity index (χ1) is 15.1. The van der Waals surface area contributed by atoms with Gasteiger partial charge in [0.25, 0.3) is 0 Å². The lowest BCUT2D eigenvalue weighted by atomic mass is 9.78. The van der Waals surface area contributed by atoms with Gasteiger partial charge in [0.2, 0.25) is 0 Å². The van der Waals surface area contributed by atoms with Gasteiger partial charge in [-0.1, -0.05) is 96.1 Å². The van der Waals surface area contributed by atoms with Gasteiger partial charge in [-0.3, -0.25) is 0 Å². The molecule has 0 unspecified atom stereocenters. The summed E-state index contributed by atoms with van der Waals surface area (Å²) in [6.07, 6.45) is 0. The van der Waals surface area contributed by atoms with Crippen LogP contribution in [0.5, 0.6) is 11.5 Å². The van der Waals surface area contributed by atoms with Crippen LogP contribution in [0.15, 0.2) is 60.7 Å². The molecule has 0 N–H and O–H groups in total. The number of hydrogen-bond acceptors (Lipinski definition) is 2. The average Bonchev–Trinajstić information content (AvgIpc) is 2.75. The van der Waals surface area contributed by atoms with Crippen LogP contribution in [-0.4, -0.2) is 14.2 Å². The van der Waals surface area contributed by atoms with Crippen molar-refractivity contribution in [2.24, 2.45) is 0 Å². The number of hydrogen-bond donors (Lipinski definition) is 0. The lowest BCUT2D eigenvalue weighted by Crippen LogP contribution is -2.14. The first-order valence-corrected chi connectivity index (χ1v) is 11.3. The van der Waals surface area contributed by atoms with E-state index in [2.05, 4.69) is 102 Å². The fourth-order valence-electron chi connectivity index (χ4n) is 4.73. The highest BCUT2D eigenvalue weighted by molar-refractivity contribution is 6.01. The van der Waals surface area contributed by atoms with Gasteiger partial charge >= 0.3 is 0 Å². The third-order valence-electron chi connectivity index (χ3n) is 6.31. The molecule has 0 atom stereocenters. The molecule has 4 aromatic carbocycles. The number of benzene rings is 4. The molecule has 32 heavy (non-hydrogen) atoms. The van der Waals surface area contributed by atoms with Gasteiger partial charge in [0, 0.05) is 16.3 Å². The largest absolute Gasteiger partial charge is 0.496 e. The summed E-state index contributed by atoms with van der Waals surface area (Å²) in [6.45, 7) is 13.6. The highest BCUT2D eigenvalue weighted by Crippen LogP contribution is 2.47. The molecule has 0 bridgehead atoms. The van der Waals surface area contributed by atoms with Crippen LogP contribution in [0.2, 0.25) is 0 Å². The summed E-state index contributed by atoms with van der Waals surface area (Å²) in [5.41, 5.74) is 4.92. The van der Waals surface area contributed by atoms with Gasteiger partial charge in [-0.25, -0.2) is 0 Å². The zero-order valence-electron chi connectivity index (χ0n) is 20.6. The Morgan fingerprint density at radius 2 is 1.28 bits per heavy atom. The number of fused-ring (bicyclic) bond motifs is 2. The Morgan fingerprint density at radius 1 is 0.594 bits per heavy atom. The van der Waals surface area contributed by atoms with Crippen LogP contribution >= 0.6 is 0 Å². The van der Waals surface area contributed by atoms with Gasteiger partial charge in [0.1, 0.15) is 11.5 Å². The molecule has 4 rings (SSSR count). The maximum atomic E-state index is 6.05. The van der Waals surface area contributed by atoms with Gasteiger partial charge in [0.05, 0.1) is 14.2 Å². The fraction of sp³-hybridized carbons (Fsp3) is 0.333. The molecule has 0 fully saturated rings. The van der Waals surface area contributed by atoms with Crippen molar-refractivity contribution >= 4 is 21.5 Å². The molecule has 4 aromatic rings. The highest BCUT2D eigenvalue weighted by Gasteiger charge is 2.26. The van der Waals surface area contributed by atoms with Gasteiger partial charge in [-0.05, 0) is 44.4 Å². The summed E-state index contributed by atoms with van der Waals surface area (Å²) in [5, 5.41) is 4.69. The van der Waals surface area contributed by atoms with E-state index in [4.69, 9.17) is 9.47 Å². The molecule has 2 nitrogen and oxygen atoms in total. The summed E-state index contributed by atoms with van der Waals surface area (Å²) in [4.78, 5) is 0. The Morgan fingerprint density at radius 3 is 1.88 bits per heavy atom. The van der Waals surface area contributed by atoms with Crippen molar-refractivity contribution in [2.45, 2.75) is 52.4 Å².